The molecule has 0 atom stereocenters. The van der Waals surface area contributed by atoms with Gasteiger partial charge in [0.25, 0.3) is 0 Å². The molecule has 2 nitrogen and oxygen atoms in total. The number of methoxy groups -OCH3 is 1. The monoisotopic (exact) mass is 382 g/mol. The first kappa shape index (κ1) is 19.1. The standard InChI is InChI=1S/C27H26O2/c1-3-10-24-26(21-11-6-4-7-12-21)27(22-13-8-5-9-14-22)25(29-24)19-20-15-17-23(28-2)18-16-20/h4-9,11-18H,3,10,19H2,1-2H3. The summed E-state index contributed by atoms with van der Waals surface area (Å²) >= 11 is 0. The van der Waals surface area contributed by atoms with Crippen molar-refractivity contribution < 1.29 is 9.15 Å². The topological polar surface area (TPSA) is 22.4 Å². The normalized spacial score (nSPS) is 10.8. The molecule has 0 aliphatic carbocycles. The van der Waals surface area contributed by atoms with E-state index in [4.69, 9.17) is 9.15 Å². The Morgan fingerprint density at radius 1 is 0.690 bits per heavy atom. The maximum atomic E-state index is 6.52. The summed E-state index contributed by atoms with van der Waals surface area (Å²) in [5.41, 5.74) is 6.04. The smallest absolute Gasteiger partial charge is 0.118 e. The van der Waals surface area contributed by atoms with Gasteiger partial charge in [0.05, 0.1) is 7.11 Å². The number of furan rings is 1. The average molecular weight is 383 g/mol. The van der Waals surface area contributed by atoms with Crippen molar-refractivity contribution in [3.05, 3.63) is 102 Å². The van der Waals surface area contributed by atoms with Crippen LogP contribution in [0.1, 0.15) is 30.4 Å². The molecule has 0 bridgehead atoms. The highest BCUT2D eigenvalue weighted by Gasteiger charge is 2.22. The molecule has 3 aromatic carbocycles. The Balaban J connectivity index is 1.87. The van der Waals surface area contributed by atoms with E-state index in [1.54, 1.807) is 7.11 Å². The highest BCUT2D eigenvalue weighted by atomic mass is 16.5. The van der Waals surface area contributed by atoms with E-state index in [-0.39, 0.29) is 0 Å². The Labute approximate surface area is 172 Å². The fourth-order valence-electron chi connectivity index (χ4n) is 3.81. The van der Waals surface area contributed by atoms with Crippen LogP contribution in [-0.2, 0) is 12.8 Å². The molecule has 0 radical (unpaired) electrons. The van der Waals surface area contributed by atoms with E-state index in [2.05, 4.69) is 79.7 Å². The molecular formula is C27H26O2. The molecule has 0 fully saturated rings. The van der Waals surface area contributed by atoms with E-state index in [0.29, 0.717) is 0 Å². The second-order valence-electron chi connectivity index (χ2n) is 7.21. The number of aryl methyl sites for hydroxylation is 1. The Hall–Kier alpha value is -3.26. The zero-order chi connectivity index (χ0) is 20.1. The van der Waals surface area contributed by atoms with Gasteiger partial charge >= 0.3 is 0 Å². The van der Waals surface area contributed by atoms with Crippen molar-refractivity contribution in [3.63, 3.8) is 0 Å². The van der Waals surface area contributed by atoms with E-state index in [1.165, 1.54) is 27.8 Å². The lowest BCUT2D eigenvalue weighted by molar-refractivity contribution is 0.414. The van der Waals surface area contributed by atoms with Gasteiger partial charge in [0.1, 0.15) is 17.3 Å². The van der Waals surface area contributed by atoms with E-state index < -0.39 is 0 Å². The van der Waals surface area contributed by atoms with Gasteiger partial charge in [-0.05, 0) is 35.2 Å². The molecule has 0 N–H and O–H groups in total. The summed E-state index contributed by atoms with van der Waals surface area (Å²) in [6.07, 6.45) is 2.72. The van der Waals surface area contributed by atoms with Crippen molar-refractivity contribution in [1.82, 2.24) is 0 Å². The van der Waals surface area contributed by atoms with Crippen LogP contribution in [0, 0.1) is 0 Å². The van der Waals surface area contributed by atoms with E-state index in [1.807, 2.05) is 12.1 Å². The molecule has 0 saturated carbocycles. The van der Waals surface area contributed by atoms with E-state index in [9.17, 15) is 0 Å². The Morgan fingerprint density at radius 3 is 1.76 bits per heavy atom. The van der Waals surface area contributed by atoms with Crippen molar-refractivity contribution in [1.29, 1.82) is 0 Å². The Kier molecular flexibility index (Phi) is 5.81. The van der Waals surface area contributed by atoms with Crippen molar-refractivity contribution in [2.24, 2.45) is 0 Å². The number of hydrogen-bond donors (Lipinski definition) is 0. The molecule has 0 unspecified atom stereocenters. The largest absolute Gasteiger partial charge is 0.497 e. The van der Waals surface area contributed by atoms with Crippen LogP contribution in [0.25, 0.3) is 22.3 Å². The fourth-order valence-corrected chi connectivity index (χ4v) is 3.81. The van der Waals surface area contributed by atoms with Crippen LogP contribution in [0.4, 0.5) is 0 Å². The predicted octanol–water partition coefficient (Wildman–Crippen LogP) is 7.17. The second-order valence-corrected chi connectivity index (χ2v) is 7.21. The van der Waals surface area contributed by atoms with E-state index in [0.717, 1.165) is 36.5 Å². The molecule has 1 heterocycles. The highest BCUT2D eigenvalue weighted by molar-refractivity contribution is 5.86. The molecular weight excluding hydrogens is 356 g/mol. The van der Waals surface area contributed by atoms with Crippen LogP contribution < -0.4 is 4.74 Å². The second kappa shape index (κ2) is 8.83. The molecule has 146 valence electrons. The fraction of sp³-hybridized carbons (Fsp3) is 0.185. The minimum absolute atomic E-state index is 0.748. The van der Waals surface area contributed by atoms with Gasteiger partial charge in [-0.25, -0.2) is 0 Å². The number of hydrogen-bond acceptors (Lipinski definition) is 2. The summed E-state index contributed by atoms with van der Waals surface area (Å²) in [7, 11) is 1.69. The van der Waals surface area contributed by atoms with Crippen molar-refractivity contribution in [2.75, 3.05) is 7.11 Å². The zero-order valence-electron chi connectivity index (χ0n) is 17.0. The summed E-state index contributed by atoms with van der Waals surface area (Å²) in [5.74, 6) is 2.96. The predicted molar refractivity (Wildman–Crippen MR) is 119 cm³/mol. The maximum absolute atomic E-state index is 6.52. The summed E-state index contributed by atoms with van der Waals surface area (Å²) in [6.45, 7) is 2.20. The third kappa shape index (κ3) is 4.12. The summed E-state index contributed by atoms with van der Waals surface area (Å²) < 4.78 is 11.8. The molecule has 0 aliphatic rings. The summed E-state index contributed by atoms with van der Waals surface area (Å²) in [6, 6.07) is 29.4. The summed E-state index contributed by atoms with van der Waals surface area (Å²) in [5, 5.41) is 0. The van der Waals surface area contributed by atoms with Gasteiger partial charge in [0, 0.05) is 24.0 Å². The Bertz CT molecular complexity index is 1050. The van der Waals surface area contributed by atoms with Crippen LogP contribution in [0.5, 0.6) is 5.75 Å². The molecule has 4 aromatic rings. The highest BCUT2D eigenvalue weighted by Crippen LogP contribution is 2.41. The molecule has 1 aromatic heterocycles. The van der Waals surface area contributed by atoms with E-state index >= 15 is 0 Å². The molecule has 0 amide bonds. The SMILES string of the molecule is CCCc1oc(Cc2ccc(OC)cc2)c(-c2ccccc2)c1-c1ccccc1. The van der Waals surface area contributed by atoms with Crippen LogP contribution >= 0.6 is 0 Å². The van der Waals surface area contributed by atoms with Gasteiger partial charge in [-0.3, -0.25) is 0 Å². The third-order valence-electron chi connectivity index (χ3n) is 5.18. The van der Waals surface area contributed by atoms with Crippen LogP contribution in [-0.4, -0.2) is 7.11 Å². The molecule has 0 spiro atoms. The first-order valence-corrected chi connectivity index (χ1v) is 10.2. The lowest BCUT2D eigenvalue weighted by atomic mass is 9.92. The number of benzene rings is 3. The molecule has 0 saturated heterocycles. The van der Waals surface area contributed by atoms with Gasteiger partial charge < -0.3 is 9.15 Å². The number of rotatable bonds is 7. The minimum atomic E-state index is 0.748. The third-order valence-corrected chi connectivity index (χ3v) is 5.18. The average Bonchev–Trinajstić information content (AvgIpc) is 3.13. The lowest BCUT2D eigenvalue weighted by Crippen LogP contribution is -1.91. The van der Waals surface area contributed by atoms with Crippen molar-refractivity contribution in [2.45, 2.75) is 26.2 Å². The maximum Gasteiger partial charge on any atom is 0.118 e. The van der Waals surface area contributed by atoms with Gasteiger partial charge in [-0.15, -0.1) is 0 Å². The zero-order valence-corrected chi connectivity index (χ0v) is 17.0. The minimum Gasteiger partial charge on any atom is -0.497 e. The van der Waals surface area contributed by atoms with Crippen LogP contribution in [0.15, 0.2) is 89.3 Å². The molecule has 2 heteroatoms. The van der Waals surface area contributed by atoms with Crippen molar-refractivity contribution in [3.8, 4) is 28.0 Å². The van der Waals surface area contributed by atoms with Gasteiger partial charge in [-0.1, -0.05) is 79.7 Å². The van der Waals surface area contributed by atoms with Gasteiger partial charge in [0.2, 0.25) is 0 Å². The van der Waals surface area contributed by atoms with Crippen LogP contribution in [0.3, 0.4) is 0 Å². The summed E-state index contributed by atoms with van der Waals surface area (Å²) in [4.78, 5) is 0. The lowest BCUT2D eigenvalue weighted by Gasteiger charge is -2.08. The molecule has 4 rings (SSSR count). The molecule has 0 aliphatic heterocycles. The first-order chi connectivity index (χ1) is 14.3. The molecule has 29 heavy (non-hydrogen) atoms. The number of ether oxygens (including phenoxy) is 1. The first-order valence-electron chi connectivity index (χ1n) is 10.2. The quantitative estimate of drug-likeness (QED) is 0.338. The van der Waals surface area contributed by atoms with Gasteiger partial charge in [0.15, 0.2) is 0 Å². The van der Waals surface area contributed by atoms with Crippen molar-refractivity contribution >= 4 is 0 Å². The van der Waals surface area contributed by atoms with Gasteiger partial charge in [-0.2, -0.15) is 0 Å². The Morgan fingerprint density at radius 2 is 1.24 bits per heavy atom. The van der Waals surface area contributed by atoms with Crippen LogP contribution in [0.2, 0.25) is 0 Å².